The number of aryl methyl sites for hydroxylation is 1. The van der Waals surface area contributed by atoms with Gasteiger partial charge in [-0.05, 0) is 28.4 Å². The number of rotatable bonds is 2. The van der Waals surface area contributed by atoms with E-state index in [1.54, 1.807) is 12.3 Å². The molecule has 15 heavy (non-hydrogen) atoms. The molecule has 6 heteroatoms. The van der Waals surface area contributed by atoms with E-state index in [1.165, 1.54) is 4.40 Å². The van der Waals surface area contributed by atoms with Crippen LogP contribution >= 0.6 is 15.9 Å². The SMILES string of the molecule is CCc1nc2ccnc(Br)n2c1C(=O)O. The van der Waals surface area contributed by atoms with Crippen LogP contribution in [0.25, 0.3) is 5.65 Å². The monoisotopic (exact) mass is 269 g/mol. The molecular weight excluding hydrogens is 262 g/mol. The average molecular weight is 270 g/mol. The topological polar surface area (TPSA) is 67.5 Å². The summed E-state index contributed by atoms with van der Waals surface area (Å²) in [5, 5.41) is 9.10. The van der Waals surface area contributed by atoms with Crippen molar-refractivity contribution in [3.8, 4) is 0 Å². The number of fused-ring (bicyclic) bond motifs is 1. The largest absolute Gasteiger partial charge is 0.477 e. The Kier molecular flexibility index (Phi) is 2.44. The minimum Gasteiger partial charge on any atom is -0.477 e. The number of hydrogen-bond donors (Lipinski definition) is 1. The van der Waals surface area contributed by atoms with Crippen LogP contribution in [0.15, 0.2) is 17.0 Å². The van der Waals surface area contributed by atoms with Crippen molar-refractivity contribution >= 4 is 27.5 Å². The van der Waals surface area contributed by atoms with Gasteiger partial charge in [-0.2, -0.15) is 0 Å². The highest BCUT2D eigenvalue weighted by molar-refractivity contribution is 9.10. The summed E-state index contributed by atoms with van der Waals surface area (Å²) in [6.45, 7) is 1.87. The first-order chi connectivity index (χ1) is 7.15. The van der Waals surface area contributed by atoms with Gasteiger partial charge in [-0.3, -0.25) is 4.40 Å². The van der Waals surface area contributed by atoms with Crippen molar-refractivity contribution in [2.24, 2.45) is 0 Å². The number of aromatic carboxylic acids is 1. The van der Waals surface area contributed by atoms with Crippen molar-refractivity contribution in [1.29, 1.82) is 0 Å². The fraction of sp³-hybridized carbons (Fsp3) is 0.222. The Balaban J connectivity index is 2.88. The van der Waals surface area contributed by atoms with Crippen LogP contribution in [0.4, 0.5) is 0 Å². The average Bonchev–Trinajstić information content (AvgIpc) is 2.57. The van der Waals surface area contributed by atoms with Crippen molar-refractivity contribution in [3.63, 3.8) is 0 Å². The number of nitrogens with zero attached hydrogens (tertiary/aromatic N) is 3. The van der Waals surface area contributed by atoms with E-state index < -0.39 is 5.97 Å². The van der Waals surface area contributed by atoms with Crippen LogP contribution in [-0.2, 0) is 6.42 Å². The summed E-state index contributed by atoms with van der Waals surface area (Å²) in [5.74, 6) is -0.993. The Bertz CT molecular complexity index is 535. The molecular formula is C9H8BrN3O2. The molecule has 0 saturated carbocycles. The molecule has 2 aromatic heterocycles. The highest BCUT2D eigenvalue weighted by Crippen LogP contribution is 2.17. The minimum atomic E-state index is -0.993. The van der Waals surface area contributed by atoms with Crippen LogP contribution < -0.4 is 0 Å². The second kappa shape index (κ2) is 3.62. The number of hydrogen-bond acceptors (Lipinski definition) is 3. The predicted molar refractivity (Wildman–Crippen MR) is 57.0 cm³/mol. The van der Waals surface area contributed by atoms with E-state index in [2.05, 4.69) is 25.9 Å². The fourth-order valence-electron chi connectivity index (χ4n) is 1.47. The highest BCUT2D eigenvalue weighted by atomic mass is 79.9. The Morgan fingerprint density at radius 1 is 1.67 bits per heavy atom. The summed E-state index contributed by atoms with van der Waals surface area (Å²) < 4.78 is 1.94. The van der Waals surface area contributed by atoms with Gasteiger partial charge in [0.2, 0.25) is 0 Å². The normalized spacial score (nSPS) is 10.8. The molecule has 78 valence electrons. The van der Waals surface area contributed by atoms with Gasteiger partial charge < -0.3 is 5.11 Å². The van der Waals surface area contributed by atoms with Crippen molar-refractivity contribution in [2.45, 2.75) is 13.3 Å². The van der Waals surface area contributed by atoms with Crippen molar-refractivity contribution in [3.05, 3.63) is 28.4 Å². The fourth-order valence-corrected chi connectivity index (χ4v) is 1.95. The van der Waals surface area contributed by atoms with E-state index in [4.69, 9.17) is 5.11 Å². The molecule has 5 nitrogen and oxygen atoms in total. The highest BCUT2D eigenvalue weighted by Gasteiger charge is 2.18. The van der Waals surface area contributed by atoms with Gasteiger partial charge in [-0.15, -0.1) is 0 Å². The molecule has 0 spiro atoms. The number of carbonyl (C=O) groups is 1. The molecule has 0 radical (unpaired) electrons. The van der Waals surface area contributed by atoms with Gasteiger partial charge in [0.05, 0.1) is 5.69 Å². The van der Waals surface area contributed by atoms with Crippen LogP contribution in [0.3, 0.4) is 0 Å². The molecule has 0 fully saturated rings. The molecule has 0 aliphatic rings. The predicted octanol–water partition coefficient (Wildman–Crippen LogP) is 1.75. The van der Waals surface area contributed by atoms with Gasteiger partial charge in [-0.25, -0.2) is 14.8 Å². The minimum absolute atomic E-state index is 0.174. The second-order valence-electron chi connectivity index (χ2n) is 2.97. The molecule has 2 aromatic rings. The van der Waals surface area contributed by atoms with Crippen LogP contribution in [-0.4, -0.2) is 25.4 Å². The van der Waals surface area contributed by atoms with E-state index in [-0.39, 0.29) is 5.69 Å². The third-order valence-corrected chi connectivity index (χ3v) is 2.66. The zero-order chi connectivity index (χ0) is 11.0. The molecule has 0 aliphatic heterocycles. The van der Waals surface area contributed by atoms with E-state index in [1.807, 2.05) is 6.92 Å². The number of carboxylic acid groups (broad SMARTS) is 1. The Labute approximate surface area is 93.9 Å². The molecule has 0 aromatic carbocycles. The zero-order valence-corrected chi connectivity index (χ0v) is 9.52. The van der Waals surface area contributed by atoms with Gasteiger partial charge in [0.15, 0.2) is 10.4 Å². The summed E-state index contributed by atoms with van der Waals surface area (Å²) in [6.07, 6.45) is 2.16. The Morgan fingerprint density at radius 3 is 3.00 bits per heavy atom. The van der Waals surface area contributed by atoms with Gasteiger partial charge in [0.25, 0.3) is 0 Å². The van der Waals surface area contributed by atoms with E-state index in [9.17, 15) is 4.79 Å². The smallest absolute Gasteiger partial charge is 0.354 e. The Morgan fingerprint density at radius 2 is 2.40 bits per heavy atom. The Hall–Kier alpha value is -1.43. The van der Waals surface area contributed by atoms with Gasteiger partial charge in [-0.1, -0.05) is 6.92 Å². The lowest BCUT2D eigenvalue weighted by Gasteiger charge is -1.99. The molecule has 0 aliphatic carbocycles. The van der Waals surface area contributed by atoms with Crippen molar-refractivity contribution in [1.82, 2.24) is 14.4 Å². The first kappa shape index (κ1) is 10.1. The first-order valence-corrected chi connectivity index (χ1v) is 5.19. The van der Waals surface area contributed by atoms with Gasteiger partial charge in [0, 0.05) is 6.20 Å². The maximum Gasteiger partial charge on any atom is 0.354 e. The third kappa shape index (κ3) is 1.50. The second-order valence-corrected chi connectivity index (χ2v) is 3.68. The quantitative estimate of drug-likeness (QED) is 0.844. The molecule has 0 saturated heterocycles. The molecule has 2 heterocycles. The summed E-state index contributed by atoms with van der Waals surface area (Å²) >= 11 is 3.21. The van der Waals surface area contributed by atoms with Gasteiger partial charge in [0.1, 0.15) is 5.65 Å². The van der Waals surface area contributed by atoms with Crippen LogP contribution in [0.1, 0.15) is 23.1 Å². The third-order valence-electron chi connectivity index (χ3n) is 2.10. The lowest BCUT2D eigenvalue weighted by atomic mass is 10.3. The summed E-state index contributed by atoms with van der Waals surface area (Å²) in [6, 6.07) is 1.68. The molecule has 0 atom stereocenters. The summed E-state index contributed by atoms with van der Waals surface area (Å²) in [7, 11) is 0. The first-order valence-electron chi connectivity index (χ1n) is 4.40. The standard InChI is InChI=1S/C9H8BrN3O2/c1-2-5-7(8(14)15)13-6(12-5)3-4-11-9(13)10/h3-4H,2H2,1H3,(H,14,15). The lowest BCUT2D eigenvalue weighted by molar-refractivity contribution is 0.0687. The van der Waals surface area contributed by atoms with Crippen LogP contribution in [0, 0.1) is 0 Å². The molecule has 0 unspecified atom stereocenters. The molecule has 0 amide bonds. The van der Waals surface area contributed by atoms with Crippen LogP contribution in [0.2, 0.25) is 0 Å². The summed E-state index contributed by atoms with van der Waals surface area (Å²) in [5.41, 5.74) is 1.33. The zero-order valence-electron chi connectivity index (χ0n) is 7.94. The number of carboxylic acids is 1. The number of imidazole rings is 1. The van der Waals surface area contributed by atoms with Gasteiger partial charge >= 0.3 is 5.97 Å². The summed E-state index contributed by atoms with van der Waals surface area (Å²) in [4.78, 5) is 19.3. The number of halogens is 1. The van der Waals surface area contributed by atoms with E-state index in [0.717, 1.165) is 0 Å². The van der Waals surface area contributed by atoms with E-state index >= 15 is 0 Å². The maximum absolute atomic E-state index is 11.1. The lowest BCUT2D eigenvalue weighted by Crippen LogP contribution is -2.06. The molecule has 1 N–H and O–H groups in total. The molecule has 0 bridgehead atoms. The maximum atomic E-state index is 11.1. The van der Waals surface area contributed by atoms with E-state index in [0.29, 0.717) is 22.5 Å². The van der Waals surface area contributed by atoms with Crippen LogP contribution in [0.5, 0.6) is 0 Å². The van der Waals surface area contributed by atoms with Crippen molar-refractivity contribution < 1.29 is 9.90 Å². The number of aromatic nitrogens is 3. The van der Waals surface area contributed by atoms with Crippen molar-refractivity contribution in [2.75, 3.05) is 0 Å². The molecule has 2 rings (SSSR count).